The minimum Gasteiger partial charge on any atom is -0.339 e. The summed E-state index contributed by atoms with van der Waals surface area (Å²) in [4.78, 5) is 13.9. The molecule has 1 aromatic rings. The molecule has 0 saturated carbocycles. The number of amides is 1. The zero-order valence-corrected chi connectivity index (χ0v) is 11.9. The van der Waals surface area contributed by atoms with Crippen LogP contribution in [0, 0.1) is 5.82 Å². The van der Waals surface area contributed by atoms with Gasteiger partial charge < -0.3 is 4.90 Å². The molecule has 0 aromatic heterocycles. The quantitative estimate of drug-likeness (QED) is 0.827. The summed E-state index contributed by atoms with van der Waals surface area (Å²) in [6.07, 6.45) is 1.79. The number of benzene rings is 1. The van der Waals surface area contributed by atoms with Crippen molar-refractivity contribution in [2.24, 2.45) is 0 Å². The van der Waals surface area contributed by atoms with E-state index in [-0.39, 0.29) is 11.9 Å². The molecule has 17 heavy (non-hydrogen) atoms. The predicted octanol–water partition coefficient (Wildman–Crippen LogP) is 3.85. The van der Waals surface area contributed by atoms with Gasteiger partial charge in [-0.15, -0.1) is 0 Å². The molecule has 0 unspecified atom stereocenters. The minimum absolute atomic E-state index is 0.148. The first-order chi connectivity index (χ1) is 8.01. The van der Waals surface area contributed by atoms with Gasteiger partial charge in [0.25, 0.3) is 5.91 Å². The largest absolute Gasteiger partial charge is 0.339 e. The number of halogens is 2. The van der Waals surface area contributed by atoms with Crippen molar-refractivity contribution in [1.29, 1.82) is 0 Å². The van der Waals surface area contributed by atoms with Crippen LogP contribution in [-0.2, 0) is 0 Å². The van der Waals surface area contributed by atoms with E-state index in [1.807, 2.05) is 13.8 Å². The van der Waals surface area contributed by atoms with Gasteiger partial charge in [0.2, 0.25) is 0 Å². The Morgan fingerprint density at radius 2 is 2.00 bits per heavy atom. The lowest BCUT2D eigenvalue weighted by Gasteiger charge is -2.26. The Morgan fingerprint density at radius 3 is 2.53 bits per heavy atom. The maximum Gasteiger partial charge on any atom is 0.255 e. The van der Waals surface area contributed by atoms with Crippen molar-refractivity contribution < 1.29 is 9.18 Å². The van der Waals surface area contributed by atoms with Crippen molar-refractivity contribution in [1.82, 2.24) is 4.90 Å². The number of hydrogen-bond acceptors (Lipinski definition) is 1. The van der Waals surface area contributed by atoms with Crippen LogP contribution in [-0.4, -0.2) is 23.9 Å². The van der Waals surface area contributed by atoms with Crippen molar-refractivity contribution in [3.8, 4) is 0 Å². The molecule has 0 saturated heterocycles. The average molecular weight is 302 g/mol. The molecule has 1 aromatic carbocycles. The fraction of sp³-hybridized carbons (Fsp3) is 0.462. The SMILES string of the molecule is CCC(CC)N(C)C(=O)c1cc(F)ccc1Br. The first kappa shape index (κ1) is 14.2. The van der Waals surface area contributed by atoms with Gasteiger partial charge in [-0.1, -0.05) is 13.8 Å². The molecule has 0 radical (unpaired) electrons. The van der Waals surface area contributed by atoms with Gasteiger partial charge >= 0.3 is 0 Å². The number of carbonyl (C=O) groups excluding carboxylic acids is 1. The fourth-order valence-electron chi connectivity index (χ4n) is 1.85. The standard InChI is InChI=1S/C13H17BrFNO/c1-4-10(5-2)16(3)13(17)11-8-9(15)6-7-12(11)14/h6-8,10H,4-5H2,1-3H3. The average Bonchev–Trinajstić information content (AvgIpc) is 2.32. The summed E-state index contributed by atoms with van der Waals surface area (Å²) >= 11 is 3.28. The molecule has 0 aliphatic carbocycles. The van der Waals surface area contributed by atoms with Crippen molar-refractivity contribution in [2.45, 2.75) is 32.7 Å². The zero-order valence-electron chi connectivity index (χ0n) is 10.3. The van der Waals surface area contributed by atoms with E-state index in [4.69, 9.17) is 0 Å². The summed E-state index contributed by atoms with van der Waals surface area (Å²) in [7, 11) is 1.76. The van der Waals surface area contributed by atoms with Gasteiger partial charge in [0.05, 0.1) is 5.56 Å². The van der Waals surface area contributed by atoms with Gasteiger partial charge in [0, 0.05) is 17.6 Å². The predicted molar refractivity (Wildman–Crippen MR) is 70.6 cm³/mol. The first-order valence-corrected chi connectivity index (χ1v) is 6.52. The molecule has 0 atom stereocenters. The van der Waals surface area contributed by atoms with Gasteiger partial charge in [-0.05, 0) is 47.0 Å². The Kier molecular flexibility index (Phi) is 5.12. The Hall–Kier alpha value is -0.900. The molecule has 0 spiro atoms. The van der Waals surface area contributed by atoms with Crippen LogP contribution in [0.4, 0.5) is 4.39 Å². The maximum absolute atomic E-state index is 13.1. The summed E-state index contributed by atoms with van der Waals surface area (Å²) in [6, 6.07) is 4.35. The monoisotopic (exact) mass is 301 g/mol. The molecule has 94 valence electrons. The third-order valence-corrected chi connectivity index (χ3v) is 3.66. The third kappa shape index (κ3) is 3.28. The summed E-state index contributed by atoms with van der Waals surface area (Å²) in [5.74, 6) is -0.542. The van der Waals surface area contributed by atoms with Crippen LogP contribution in [0.15, 0.2) is 22.7 Å². The van der Waals surface area contributed by atoms with E-state index >= 15 is 0 Å². The van der Waals surface area contributed by atoms with E-state index in [0.717, 1.165) is 12.8 Å². The van der Waals surface area contributed by atoms with Crippen LogP contribution < -0.4 is 0 Å². The molecule has 1 amide bonds. The summed E-state index contributed by atoms with van der Waals surface area (Å²) in [5.41, 5.74) is 0.374. The highest BCUT2D eigenvalue weighted by Crippen LogP contribution is 2.21. The third-order valence-electron chi connectivity index (χ3n) is 2.97. The van der Waals surface area contributed by atoms with E-state index in [0.29, 0.717) is 10.0 Å². The molecule has 4 heteroatoms. The first-order valence-electron chi connectivity index (χ1n) is 5.73. The number of rotatable bonds is 4. The second-order valence-electron chi connectivity index (χ2n) is 4.01. The fourth-order valence-corrected chi connectivity index (χ4v) is 2.27. The molecule has 0 N–H and O–H groups in total. The van der Waals surface area contributed by atoms with E-state index in [1.165, 1.54) is 12.1 Å². The molecule has 0 aliphatic rings. The van der Waals surface area contributed by atoms with Gasteiger partial charge in [0.15, 0.2) is 0 Å². The van der Waals surface area contributed by atoms with E-state index < -0.39 is 5.82 Å². The van der Waals surface area contributed by atoms with Crippen LogP contribution in [0.5, 0.6) is 0 Å². The molecular weight excluding hydrogens is 285 g/mol. The molecule has 0 heterocycles. The van der Waals surface area contributed by atoms with E-state index in [2.05, 4.69) is 15.9 Å². The molecule has 2 nitrogen and oxygen atoms in total. The Labute approximate surface area is 110 Å². The highest BCUT2D eigenvalue weighted by Gasteiger charge is 2.20. The number of nitrogens with zero attached hydrogens (tertiary/aromatic N) is 1. The molecular formula is C13H17BrFNO. The smallest absolute Gasteiger partial charge is 0.255 e. The molecule has 0 aliphatic heterocycles. The Bertz CT molecular complexity index is 404. The molecule has 0 bridgehead atoms. The second-order valence-corrected chi connectivity index (χ2v) is 4.86. The van der Waals surface area contributed by atoms with Gasteiger partial charge in [0.1, 0.15) is 5.82 Å². The highest BCUT2D eigenvalue weighted by atomic mass is 79.9. The zero-order chi connectivity index (χ0) is 13.0. The Balaban J connectivity index is 2.99. The van der Waals surface area contributed by atoms with Crippen molar-refractivity contribution in [3.63, 3.8) is 0 Å². The van der Waals surface area contributed by atoms with Gasteiger partial charge in [-0.3, -0.25) is 4.79 Å². The van der Waals surface area contributed by atoms with Crippen molar-refractivity contribution in [3.05, 3.63) is 34.1 Å². The summed E-state index contributed by atoms with van der Waals surface area (Å²) in [5, 5.41) is 0. The second kappa shape index (κ2) is 6.15. The number of carbonyl (C=O) groups is 1. The normalized spacial score (nSPS) is 10.7. The van der Waals surface area contributed by atoms with Gasteiger partial charge in [-0.25, -0.2) is 4.39 Å². The lowest BCUT2D eigenvalue weighted by Crippen LogP contribution is -2.36. The van der Waals surface area contributed by atoms with Crippen molar-refractivity contribution >= 4 is 21.8 Å². The van der Waals surface area contributed by atoms with Crippen LogP contribution in [0.25, 0.3) is 0 Å². The summed E-state index contributed by atoms with van der Waals surface area (Å²) < 4.78 is 13.8. The highest BCUT2D eigenvalue weighted by molar-refractivity contribution is 9.10. The van der Waals surface area contributed by atoms with Crippen LogP contribution >= 0.6 is 15.9 Å². The minimum atomic E-state index is -0.394. The molecule has 0 fully saturated rings. The molecule has 1 rings (SSSR count). The van der Waals surface area contributed by atoms with E-state index in [1.54, 1.807) is 18.0 Å². The van der Waals surface area contributed by atoms with Crippen molar-refractivity contribution in [2.75, 3.05) is 7.05 Å². The maximum atomic E-state index is 13.1. The number of hydrogen-bond donors (Lipinski definition) is 0. The topological polar surface area (TPSA) is 20.3 Å². The van der Waals surface area contributed by atoms with E-state index in [9.17, 15) is 9.18 Å². The van der Waals surface area contributed by atoms with Crippen LogP contribution in [0.1, 0.15) is 37.0 Å². The van der Waals surface area contributed by atoms with Crippen LogP contribution in [0.2, 0.25) is 0 Å². The Morgan fingerprint density at radius 1 is 1.41 bits per heavy atom. The lowest BCUT2D eigenvalue weighted by atomic mass is 10.1. The van der Waals surface area contributed by atoms with Crippen LogP contribution in [0.3, 0.4) is 0 Å². The van der Waals surface area contributed by atoms with Gasteiger partial charge in [-0.2, -0.15) is 0 Å². The lowest BCUT2D eigenvalue weighted by molar-refractivity contribution is 0.0722. The summed E-state index contributed by atoms with van der Waals surface area (Å²) in [6.45, 7) is 4.08.